The van der Waals surface area contributed by atoms with E-state index in [2.05, 4.69) is 11.9 Å². The van der Waals surface area contributed by atoms with Gasteiger partial charge >= 0.3 is 0 Å². The Morgan fingerprint density at radius 3 is 2.76 bits per heavy atom. The lowest BCUT2D eigenvalue weighted by atomic mass is 10.1. The fraction of sp³-hybridized carbons (Fsp3) is 0.357. The van der Waals surface area contributed by atoms with Crippen molar-refractivity contribution in [1.29, 1.82) is 0 Å². The molecule has 0 saturated heterocycles. The number of benzene rings is 1. The van der Waals surface area contributed by atoms with Gasteiger partial charge in [0.25, 0.3) is 0 Å². The highest BCUT2D eigenvalue weighted by atomic mass is 16.3. The third-order valence-electron chi connectivity index (χ3n) is 2.78. The fourth-order valence-corrected chi connectivity index (χ4v) is 1.98. The number of imidazole rings is 1. The van der Waals surface area contributed by atoms with Crippen molar-refractivity contribution in [2.24, 2.45) is 0 Å². The van der Waals surface area contributed by atoms with Crippen molar-refractivity contribution in [2.75, 3.05) is 0 Å². The Morgan fingerprint density at radius 1 is 1.29 bits per heavy atom. The van der Waals surface area contributed by atoms with Crippen molar-refractivity contribution in [1.82, 2.24) is 9.55 Å². The smallest absolute Gasteiger partial charge is 0.137 e. The van der Waals surface area contributed by atoms with Crippen molar-refractivity contribution in [3.63, 3.8) is 0 Å². The van der Waals surface area contributed by atoms with Crippen LogP contribution in [-0.4, -0.2) is 14.7 Å². The van der Waals surface area contributed by atoms with Crippen LogP contribution in [0.3, 0.4) is 0 Å². The number of hydrogen-bond acceptors (Lipinski definition) is 2. The Bertz CT molecular complexity index is 450. The quantitative estimate of drug-likeness (QED) is 0.857. The van der Waals surface area contributed by atoms with Gasteiger partial charge in [0.1, 0.15) is 11.9 Å². The van der Waals surface area contributed by atoms with Gasteiger partial charge in [-0.25, -0.2) is 4.98 Å². The molecule has 0 radical (unpaired) electrons. The van der Waals surface area contributed by atoms with Crippen molar-refractivity contribution in [2.45, 2.75) is 32.4 Å². The van der Waals surface area contributed by atoms with Gasteiger partial charge in [0.05, 0.1) is 0 Å². The van der Waals surface area contributed by atoms with Gasteiger partial charge in [-0.3, -0.25) is 0 Å². The molecule has 1 unspecified atom stereocenters. The lowest BCUT2D eigenvalue weighted by Gasteiger charge is -2.12. The van der Waals surface area contributed by atoms with E-state index in [9.17, 15) is 5.11 Å². The minimum Gasteiger partial charge on any atom is -0.385 e. The zero-order valence-corrected chi connectivity index (χ0v) is 10.1. The van der Waals surface area contributed by atoms with E-state index in [0.29, 0.717) is 6.42 Å². The molecular formula is C14H18N2O. The third kappa shape index (κ3) is 2.94. The molecule has 2 aromatic rings. The standard InChI is InChI=1S/C14H18N2O/c1-2-9-16-10-8-15-14(16)13(17)11-12-6-4-3-5-7-12/h3-8,10,13,17H,2,9,11H2,1H3. The lowest BCUT2D eigenvalue weighted by Crippen LogP contribution is -2.10. The lowest BCUT2D eigenvalue weighted by molar-refractivity contribution is 0.163. The van der Waals surface area contributed by atoms with Gasteiger partial charge in [-0.15, -0.1) is 0 Å². The fourth-order valence-electron chi connectivity index (χ4n) is 1.98. The molecule has 0 saturated carbocycles. The molecule has 1 heterocycles. The average Bonchev–Trinajstić information content (AvgIpc) is 2.79. The van der Waals surface area contributed by atoms with Crippen LogP contribution in [0.5, 0.6) is 0 Å². The summed E-state index contributed by atoms with van der Waals surface area (Å²) in [7, 11) is 0. The number of aliphatic hydroxyl groups excluding tert-OH is 1. The summed E-state index contributed by atoms with van der Waals surface area (Å²) in [6.07, 6.45) is 4.80. The van der Waals surface area contributed by atoms with Gasteiger partial charge in [0.15, 0.2) is 0 Å². The highest BCUT2D eigenvalue weighted by Crippen LogP contribution is 2.16. The molecule has 1 N–H and O–H groups in total. The predicted octanol–water partition coefficient (Wildman–Crippen LogP) is 2.57. The van der Waals surface area contributed by atoms with Gasteiger partial charge in [-0.2, -0.15) is 0 Å². The Hall–Kier alpha value is -1.61. The SMILES string of the molecule is CCCn1ccnc1C(O)Cc1ccccc1. The largest absolute Gasteiger partial charge is 0.385 e. The van der Waals surface area contributed by atoms with E-state index in [1.165, 1.54) is 0 Å². The molecule has 1 aromatic carbocycles. The summed E-state index contributed by atoms with van der Waals surface area (Å²) in [4.78, 5) is 4.24. The van der Waals surface area contributed by atoms with E-state index in [4.69, 9.17) is 0 Å². The first-order valence-electron chi connectivity index (χ1n) is 6.04. The molecule has 0 aliphatic heterocycles. The summed E-state index contributed by atoms with van der Waals surface area (Å²) in [6, 6.07) is 10.0. The van der Waals surface area contributed by atoms with Crippen LogP contribution in [0.15, 0.2) is 42.7 Å². The average molecular weight is 230 g/mol. The summed E-state index contributed by atoms with van der Waals surface area (Å²) < 4.78 is 2.02. The number of aryl methyl sites for hydroxylation is 1. The number of aliphatic hydroxyl groups is 1. The van der Waals surface area contributed by atoms with Crippen LogP contribution in [0.4, 0.5) is 0 Å². The summed E-state index contributed by atoms with van der Waals surface area (Å²) in [6.45, 7) is 3.02. The van der Waals surface area contributed by atoms with E-state index in [1.807, 2.05) is 41.1 Å². The first-order chi connectivity index (χ1) is 8.31. The van der Waals surface area contributed by atoms with E-state index < -0.39 is 6.10 Å². The molecule has 0 bridgehead atoms. The van der Waals surface area contributed by atoms with Gasteiger partial charge in [0, 0.05) is 25.4 Å². The van der Waals surface area contributed by atoms with Crippen molar-refractivity contribution in [3.05, 3.63) is 54.1 Å². The van der Waals surface area contributed by atoms with Gasteiger partial charge in [-0.1, -0.05) is 37.3 Å². The first-order valence-corrected chi connectivity index (χ1v) is 6.04. The minimum absolute atomic E-state index is 0.529. The van der Waals surface area contributed by atoms with Crippen LogP contribution in [0.25, 0.3) is 0 Å². The van der Waals surface area contributed by atoms with Crippen molar-refractivity contribution in [3.8, 4) is 0 Å². The molecule has 1 atom stereocenters. The minimum atomic E-state index is -0.529. The normalized spacial score (nSPS) is 12.6. The third-order valence-corrected chi connectivity index (χ3v) is 2.78. The molecule has 0 aliphatic rings. The molecule has 0 amide bonds. The summed E-state index contributed by atoms with van der Waals surface area (Å²) in [5, 5.41) is 10.2. The predicted molar refractivity (Wildman–Crippen MR) is 67.6 cm³/mol. The number of aromatic nitrogens is 2. The van der Waals surface area contributed by atoms with Crippen LogP contribution in [-0.2, 0) is 13.0 Å². The van der Waals surface area contributed by atoms with Gasteiger partial charge in [0.2, 0.25) is 0 Å². The Kier molecular flexibility index (Phi) is 3.94. The molecule has 90 valence electrons. The molecule has 17 heavy (non-hydrogen) atoms. The molecular weight excluding hydrogens is 212 g/mol. The topological polar surface area (TPSA) is 38.0 Å². The Labute approximate surface area is 102 Å². The maximum absolute atomic E-state index is 10.2. The molecule has 3 heteroatoms. The van der Waals surface area contributed by atoms with Crippen LogP contribution >= 0.6 is 0 Å². The maximum atomic E-state index is 10.2. The summed E-state index contributed by atoms with van der Waals surface area (Å²) in [5.74, 6) is 0.760. The van der Waals surface area contributed by atoms with Crippen LogP contribution in [0.2, 0.25) is 0 Å². The van der Waals surface area contributed by atoms with E-state index in [0.717, 1.165) is 24.4 Å². The summed E-state index contributed by atoms with van der Waals surface area (Å²) >= 11 is 0. The number of rotatable bonds is 5. The molecule has 2 rings (SSSR count). The molecule has 1 aromatic heterocycles. The Morgan fingerprint density at radius 2 is 2.06 bits per heavy atom. The van der Waals surface area contributed by atoms with Crippen molar-refractivity contribution >= 4 is 0 Å². The van der Waals surface area contributed by atoms with Gasteiger partial charge in [-0.05, 0) is 12.0 Å². The highest BCUT2D eigenvalue weighted by Gasteiger charge is 2.13. The maximum Gasteiger partial charge on any atom is 0.137 e. The highest BCUT2D eigenvalue weighted by molar-refractivity contribution is 5.16. The Balaban J connectivity index is 2.09. The number of nitrogens with zero attached hydrogens (tertiary/aromatic N) is 2. The molecule has 0 spiro atoms. The van der Waals surface area contributed by atoms with E-state index in [-0.39, 0.29) is 0 Å². The van der Waals surface area contributed by atoms with Crippen molar-refractivity contribution < 1.29 is 5.11 Å². The molecule has 3 nitrogen and oxygen atoms in total. The van der Waals surface area contributed by atoms with Crippen LogP contribution in [0.1, 0.15) is 30.8 Å². The van der Waals surface area contributed by atoms with E-state index in [1.54, 1.807) is 6.20 Å². The van der Waals surface area contributed by atoms with Crippen LogP contribution in [0, 0.1) is 0 Å². The monoisotopic (exact) mass is 230 g/mol. The zero-order chi connectivity index (χ0) is 12.1. The molecule has 0 fully saturated rings. The van der Waals surface area contributed by atoms with Crippen LogP contribution < -0.4 is 0 Å². The zero-order valence-electron chi connectivity index (χ0n) is 10.1. The molecule has 0 aliphatic carbocycles. The second kappa shape index (κ2) is 5.64. The van der Waals surface area contributed by atoms with E-state index >= 15 is 0 Å². The number of hydrogen-bond donors (Lipinski definition) is 1. The summed E-state index contributed by atoms with van der Waals surface area (Å²) in [5.41, 5.74) is 1.13. The second-order valence-electron chi connectivity index (χ2n) is 4.18. The second-order valence-corrected chi connectivity index (χ2v) is 4.18. The van der Waals surface area contributed by atoms with Gasteiger partial charge < -0.3 is 9.67 Å². The first kappa shape index (κ1) is 11.9.